The summed E-state index contributed by atoms with van der Waals surface area (Å²) in [5.74, 6) is 0. The Morgan fingerprint density at radius 2 is 1.67 bits per heavy atom. The van der Waals surface area contributed by atoms with Crippen molar-refractivity contribution < 1.29 is 36.8 Å². The van der Waals surface area contributed by atoms with Gasteiger partial charge < -0.3 is 19.9 Å². The Labute approximate surface area is 161 Å². The number of carbonyl (C=O) groups excluding carboxylic acids is 2. The standard InChI is InChI=1S/C8H15NO5S.C8H17NO3/c1-6-5-13-15(11,12)9(6)7(10)14-8(2,3)4;1-6(5-10)9-7(11)12-8(2,3)4/h6H,5H2,1-4H3;6,10H,5H2,1-4H3,(H,9,11). The number of alkyl carbamates (subject to hydrolysis) is 1. The first-order valence-electron chi connectivity index (χ1n) is 8.50. The van der Waals surface area contributed by atoms with Crippen LogP contribution in [-0.4, -0.2) is 66.5 Å². The summed E-state index contributed by atoms with van der Waals surface area (Å²) in [4.78, 5) is 22.5. The van der Waals surface area contributed by atoms with Gasteiger partial charge in [0.25, 0.3) is 0 Å². The van der Waals surface area contributed by atoms with Gasteiger partial charge in [-0.25, -0.2) is 9.59 Å². The molecule has 1 saturated heterocycles. The number of rotatable bonds is 2. The lowest BCUT2D eigenvalue weighted by atomic mass is 10.2. The smallest absolute Gasteiger partial charge is 0.426 e. The van der Waals surface area contributed by atoms with Gasteiger partial charge in [0, 0.05) is 0 Å². The molecule has 160 valence electrons. The van der Waals surface area contributed by atoms with E-state index in [1.165, 1.54) is 0 Å². The molecule has 1 rings (SSSR count). The van der Waals surface area contributed by atoms with Crippen LogP contribution in [0.4, 0.5) is 9.59 Å². The Bertz CT molecular complexity index is 607. The zero-order valence-corrected chi connectivity index (χ0v) is 18.0. The quantitative estimate of drug-likeness (QED) is 0.701. The fourth-order valence-electron chi connectivity index (χ4n) is 1.66. The van der Waals surface area contributed by atoms with Crippen molar-refractivity contribution in [2.75, 3.05) is 13.2 Å². The number of nitrogens with zero attached hydrogens (tertiary/aromatic N) is 1. The van der Waals surface area contributed by atoms with Gasteiger partial charge in [0.05, 0.1) is 25.3 Å². The van der Waals surface area contributed by atoms with Crippen LogP contribution in [0.1, 0.15) is 55.4 Å². The summed E-state index contributed by atoms with van der Waals surface area (Å²) in [5, 5.41) is 11.1. The molecule has 10 nitrogen and oxygen atoms in total. The van der Waals surface area contributed by atoms with Gasteiger partial charge in [0.2, 0.25) is 0 Å². The number of hydrogen-bond acceptors (Lipinski definition) is 8. The van der Waals surface area contributed by atoms with Gasteiger partial charge in [-0.2, -0.15) is 12.7 Å². The maximum absolute atomic E-state index is 11.5. The van der Waals surface area contributed by atoms with E-state index in [4.69, 9.17) is 14.6 Å². The molecule has 2 N–H and O–H groups in total. The number of aliphatic hydroxyl groups excluding tert-OH is 1. The molecule has 0 radical (unpaired) electrons. The third-order valence-corrected chi connectivity index (χ3v) is 4.13. The lowest BCUT2D eigenvalue weighted by Crippen LogP contribution is -2.41. The Hall–Kier alpha value is -1.59. The molecule has 0 aromatic heterocycles. The summed E-state index contributed by atoms with van der Waals surface area (Å²) in [6.45, 7) is 13.5. The maximum atomic E-state index is 11.5. The lowest BCUT2D eigenvalue weighted by molar-refractivity contribution is 0.0365. The number of hydrogen-bond donors (Lipinski definition) is 2. The van der Waals surface area contributed by atoms with E-state index in [-0.39, 0.29) is 19.3 Å². The zero-order valence-electron chi connectivity index (χ0n) is 17.2. The molecule has 0 saturated carbocycles. The van der Waals surface area contributed by atoms with E-state index in [2.05, 4.69) is 9.50 Å². The van der Waals surface area contributed by atoms with Gasteiger partial charge in [0.15, 0.2) is 0 Å². The van der Waals surface area contributed by atoms with E-state index in [1.807, 2.05) is 0 Å². The highest BCUT2D eigenvalue weighted by molar-refractivity contribution is 7.85. The molecule has 0 aliphatic carbocycles. The molecular formula is C16H32N2O8S. The lowest BCUT2D eigenvalue weighted by Gasteiger charge is -2.24. The summed E-state index contributed by atoms with van der Waals surface area (Å²) < 4.78 is 37.6. The van der Waals surface area contributed by atoms with Crippen molar-refractivity contribution in [1.82, 2.24) is 9.62 Å². The Balaban J connectivity index is 0.000000516. The van der Waals surface area contributed by atoms with Crippen molar-refractivity contribution in [3.05, 3.63) is 0 Å². The van der Waals surface area contributed by atoms with E-state index in [1.54, 1.807) is 55.4 Å². The van der Waals surface area contributed by atoms with Gasteiger partial charge in [0.1, 0.15) is 11.2 Å². The first kappa shape index (κ1) is 25.4. The first-order chi connectivity index (χ1) is 12.0. The van der Waals surface area contributed by atoms with Crippen LogP contribution in [0.25, 0.3) is 0 Å². The monoisotopic (exact) mass is 412 g/mol. The number of nitrogens with one attached hydrogen (secondary N) is 1. The van der Waals surface area contributed by atoms with Crippen LogP contribution in [-0.2, 0) is 24.0 Å². The van der Waals surface area contributed by atoms with Crippen molar-refractivity contribution in [3.63, 3.8) is 0 Å². The summed E-state index contributed by atoms with van der Waals surface area (Å²) in [6.07, 6.45) is -1.39. The molecule has 0 bridgehead atoms. The average molecular weight is 413 g/mol. The normalized spacial score (nSPS) is 20.2. The molecule has 1 heterocycles. The highest BCUT2D eigenvalue weighted by Crippen LogP contribution is 2.21. The van der Waals surface area contributed by atoms with E-state index in [0.29, 0.717) is 4.31 Å². The Morgan fingerprint density at radius 1 is 1.19 bits per heavy atom. The SMILES string of the molecule is CC(CO)NC(=O)OC(C)(C)C.CC1COS(=O)(=O)N1C(=O)OC(C)(C)C. The molecule has 1 aliphatic rings. The van der Waals surface area contributed by atoms with Crippen molar-refractivity contribution in [1.29, 1.82) is 0 Å². The Morgan fingerprint density at radius 3 is 2.00 bits per heavy atom. The molecular weight excluding hydrogens is 380 g/mol. The highest BCUT2D eigenvalue weighted by atomic mass is 32.2. The van der Waals surface area contributed by atoms with E-state index in [0.717, 1.165) is 0 Å². The van der Waals surface area contributed by atoms with Crippen LogP contribution < -0.4 is 5.32 Å². The minimum absolute atomic E-state index is 0.0262. The number of amides is 2. The van der Waals surface area contributed by atoms with E-state index >= 15 is 0 Å². The third-order valence-electron chi connectivity index (χ3n) is 2.71. The molecule has 1 aliphatic heterocycles. The van der Waals surface area contributed by atoms with Crippen LogP contribution in [0.5, 0.6) is 0 Å². The predicted molar refractivity (Wildman–Crippen MR) is 98.3 cm³/mol. The van der Waals surface area contributed by atoms with Crippen LogP contribution in [0, 0.1) is 0 Å². The molecule has 1 fully saturated rings. The zero-order chi connectivity index (χ0) is 21.6. The fourth-order valence-corrected chi connectivity index (χ4v) is 2.87. The second-order valence-corrected chi connectivity index (χ2v) is 9.58. The van der Waals surface area contributed by atoms with Crippen LogP contribution in [0.2, 0.25) is 0 Å². The molecule has 27 heavy (non-hydrogen) atoms. The van der Waals surface area contributed by atoms with Crippen molar-refractivity contribution in [2.45, 2.75) is 78.7 Å². The van der Waals surface area contributed by atoms with Crippen molar-refractivity contribution in [2.24, 2.45) is 0 Å². The van der Waals surface area contributed by atoms with Gasteiger partial charge in [-0.1, -0.05) is 0 Å². The minimum Gasteiger partial charge on any atom is -0.444 e. The molecule has 2 amide bonds. The molecule has 0 spiro atoms. The Kier molecular flexibility index (Phi) is 9.00. The molecule has 2 unspecified atom stereocenters. The third kappa shape index (κ3) is 10.4. The van der Waals surface area contributed by atoms with Crippen molar-refractivity contribution in [3.8, 4) is 0 Å². The minimum atomic E-state index is -3.95. The maximum Gasteiger partial charge on any atom is 0.426 e. The van der Waals surface area contributed by atoms with Gasteiger partial charge in [-0.15, -0.1) is 0 Å². The summed E-state index contributed by atoms with van der Waals surface area (Å²) in [7, 11) is -3.95. The summed E-state index contributed by atoms with van der Waals surface area (Å²) >= 11 is 0. The van der Waals surface area contributed by atoms with E-state index in [9.17, 15) is 18.0 Å². The van der Waals surface area contributed by atoms with Crippen LogP contribution in [0.3, 0.4) is 0 Å². The second kappa shape index (κ2) is 9.56. The largest absolute Gasteiger partial charge is 0.444 e. The predicted octanol–water partition coefficient (Wildman–Crippen LogP) is 1.78. The summed E-state index contributed by atoms with van der Waals surface area (Å²) in [5.41, 5.74) is -1.21. The van der Waals surface area contributed by atoms with Gasteiger partial charge in [-0.05, 0) is 55.4 Å². The highest BCUT2D eigenvalue weighted by Gasteiger charge is 2.42. The van der Waals surface area contributed by atoms with Gasteiger partial charge in [-0.3, -0.25) is 4.18 Å². The fraction of sp³-hybridized carbons (Fsp3) is 0.875. The molecule has 0 aromatic rings. The van der Waals surface area contributed by atoms with Gasteiger partial charge >= 0.3 is 22.5 Å². The summed E-state index contributed by atoms with van der Waals surface area (Å²) in [6, 6.07) is -0.787. The number of aliphatic hydroxyl groups is 1. The van der Waals surface area contributed by atoms with Crippen LogP contribution >= 0.6 is 0 Å². The molecule has 11 heteroatoms. The average Bonchev–Trinajstić information content (AvgIpc) is 2.68. The second-order valence-electron chi connectivity index (χ2n) is 8.10. The van der Waals surface area contributed by atoms with Crippen LogP contribution in [0.15, 0.2) is 0 Å². The number of carbonyl (C=O) groups is 2. The first-order valence-corrected chi connectivity index (χ1v) is 9.87. The molecule has 2 atom stereocenters. The molecule has 0 aromatic carbocycles. The topological polar surface area (TPSA) is 131 Å². The van der Waals surface area contributed by atoms with Crippen molar-refractivity contribution >= 4 is 22.5 Å². The van der Waals surface area contributed by atoms with E-state index < -0.39 is 39.7 Å². The number of ether oxygens (including phenoxy) is 2.